The monoisotopic (exact) mass is 246 g/mol. The van der Waals surface area contributed by atoms with Crippen LogP contribution in [0.5, 0.6) is 0 Å². The first-order valence-corrected chi connectivity index (χ1v) is 5.52. The molecule has 0 spiro atoms. The molecule has 0 aliphatic carbocycles. The molecule has 0 saturated carbocycles. The summed E-state index contributed by atoms with van der Waals surface area (Å²) in [5.41, 5.74) is 0. The second-order valence-corrected chi connectivity index (χ2v) is 4.09. The van der Waals surface area contributed by atoms with Crippen LogP contribution in [0.4, 0.5) is 19.0 Å². The number of anilines is 1. The third-order valence-corrected chi connectivity index (χ3v) is 2.98. The van der Waals surface area contributed by atoms with E-state index in [1.54, 1.807) is 0 Å². The molecule has 1 atom stereocenters. The number of piperidine rings is 1. The Morgan fingerprint density at radius 1 is 1.29 bits per heavy atom. The van der Waals surface area contributed by atoms with Gasteiger partial charge in [0, 0.05) is 12.6 Å². The van der Waals surface area contributed by atoms with E-state index in [1.807, 2.05) is 0 Å². The quantitative estimate of drug-likeness (QED) is 0.809. The molecule has 1 unspecified atom stereocenters. The number of aliphatic hydroxyl groups excluding tert-OH is 1. The molecule has 1 saturated heterocycles. The van der Waals surface area contributed by atoms with E-state index in [2.05, 4.69) is 4.98 Å². The van der Waals surface area contributed by atoms with Gasteiger partial charge in [0.1, 0.15) is 0 Å². The fourth-order valence-electron chi connectivity index (χ4n) is 2.11. The van der Waals surface area contributed by atoms with E-state index in [1.165, 1.54) is 4.90 Å². The fourth-order valence-corrected chi connectivity index (χ4v) is 2.11. The zero-order valence-corrected chi connectivity index (χ0v) is 9.17. The van der Waals surface area contributed by atoms with E-state index < -0.39 is 17.6 Å². The number of rotatable bonds is 2. The molecule has 0 aromatic carbocycles. The molecule has 1 aliphatic heterocycles. The minimum atomic E-state index is -1.32. The molecule has 1 fully saturated rings. The van der Waals surface area contributed by atoms with Crippen LogP contribution in [-0.4, -0.2) is 29.3 Å². The van der Waals surface area contributed by atoms with Crippen LogP contribution in [0.2, 0.25) is 0 Å². The molecule has 17 heavy (non-hydrogen) atoms. The van der Waals surface area contributed by atoms with Crippen molar-refractivity contribution >= 4 is 5.82 Å². The van der Waals surface area contributed by atoms with Gasteiger partial charge in [-0.3, -0.25) is 0 Å². The summed E-state index contributed by atoms with van der Waals surface area (Å²) in [5.74, 6) is -3.74. The Morgan fingerprint density at radius 3 is 2.76 bits per heavy atom. The lowest BCUT2D eigenvalue weighted by atomic mass is 10.0. The maximum absolute atomic E-state index is 13.5. The molecule has 6 heteroatoms. The average molecular weight is 246 g/mol. The minimum Gasteiger partial charge on any atom is -0.394 e. The zero-order chi connectivity index (χ0) is 12.4. The topological polar surface area (TPSA) is 36.4 Å². The minimum absolute atomic E-state index is 0.153. The summed E-state index contributed by atoms with van der Waals surface area (Å²) in [5, 5.41) is 9.18. The van der Waals surface area contributed by atoms with Gasteiger partial charge in [-0.25, -0.2) is 8.78 Å². The van der Waals surface area contributed by atoms with E-state index in [-0.39, 0.29) is 18.5 Å². The number of hydrogen-bond acceptors (Lipinski definition) is 3. The lowest BCUT2D eigenvalue weighted by Crippen LogP contribution is -2.43. The number of pyridine rings is 1. The first kappa shape index (κ1) is 12.2. The SMILES string of the molecule is OCC1CCCCN1c1nc(F)c(F)cc1F. The van der Waals surface area contributed by atoms with Crippen molar-refractivity contribution in [3.63, 3.8) is 0 Å². The van der Waals surface area contributed by atoms with Gasteiger partial charge < -0.3 is 10.0 Å². The third kappa shape index (κ3) is 2.36. The number of aromatic nitrogens is 1. The molecule has 0 radical (unpaired) electrons. The van der Waals surface area contributed by atoms with Crippen molar-refractivity contribution in [2.24, 2.45) is 0 Å². The van der Waals surface area contributed by atoms with Gasteiger partial charge in [-0.15, -0.1) is 0 Å². The van der Waals surface area contributed by atoms with Crippen LogP contribution in [0.25, 0.3) is 0 Å². The summed E-state index contributed by atoms with van der Waals surface area (Å²) in [4.78, 5) is 4.79. The normalized spacial score (nSPS) is 20.7. The van der Waals surface area contributed by atoms with Crippen LogP contribution < -0.4 is 4.90 Å². The summed E-state index contributed by atoms with van der Waals surface area (Å²) >= 11 is 0. The Morgan fingerprint density at radius 2 is 2.06 bits per heavy atom. The van der Waals surface area contributed by atoms with Crippen molar-refractivity contribution in [3.8, 4) is 0 Å². The van der Waals surface area contributed by atoms with E-state index in [4.69, 9.17) is 0 Å². The maximum Gasteiger partial charge on any atom is 0.251 e. The average Bonchev–Trinajstić information content (AvgIpc) is 2.34. The highest BCUT2D eigenvalue weighted by atomic mass is 19.2. The van der Waals surface area contributed by atoms with Crippen molar-refractivity contribution in [3.05, 3.63) is 23.6 Å². The summed E-state index contributed by atoms with van der Waals surface area (Å²) in [6.07, 6.45) is 2.43. The molecule has 1 aliphatic rings. The largest absolute Gasteiger partial charge is 0.394 e. The number of nitrogens with zero attached hydrogens (tertiary/aromatic N) is 2. The van der Waals surface area contributed by atoms with E-state index >= 15 is 0 Å². The Hall–Kier alpha value is -1.30. The molecule has 1 aromatic rings. The molecule has 1 N–H and O–H groups in total. The van der Waals surface area contributed by atoms with Gasteiger partial charge in [-0.1, -0.05) is 0 Å². The van der Waals surface area contributed by atoms with E-state index in [0.29, 0.717) is 19.0 Å². The van der Waals surface area contributed by atoms with Gasteiger partial charge in [0.25, 0.3) is 5.95 Å². The molecule has 2 rings (SSSR count). The second-order valence-electron chi connectivity index (χ2n) is 4.09. The van der Waals surface area contributed by atoms with Gasteiger partial charge in [0.15, 0.2) is 17.5 Å². The summed E-state index contributed by atoms with van der Waals surface area (Å²) in [6, 6.07) is 0.205. The van der Waals surface area contributed by atoms with Crippen molar-refractivity contribution in [1.29, 1.82) is 0 Å². The standard InChI is InChI=1S/C11H13F3N2O/c12-8-5-9(13)11(15-10(8)14)16-4-2-1-3-7(16)6-17/h5,7,17H,1-4,6H2. The molecule has 94 valence electrons. The third-order valence-electron chi connectivity index (χ3n) is 2.98. The molecule has 0 amide bonds. The van der Waals surface area contributed by atoms with Crippen molar-refractivity contribution < 1.29 is 18.3 Å². The van der Waals surface area contributed by atoms with Crippen LogP contribution in [0.15, 0.2) is 6.07 Å². The van der Waals surface area contributed by atoms with Gasteiger partial charge in [-0.2, -0.15) is 9.37 Å². The van der Waals surface area contributed by atoms with E-state index in [9.17, 15) is 18.3 Å². The lowest BCUT2D eigenvalue weighted by Gasteiger charge is -2.35. The predicted octanol–water partition coefficient (Wildman–Crippen LogP) is 1.85. The van der Waals surface area contributed by atoms with E-state index in [0.717, 1.165) is 12.8 Å². The first-order chi connectivity index (χ1) is 8.13. The summed E-state index contributed by atoms with van der Waals surface area (Å²) in [7, 11) is 0. The van der Waals surface area contributed by atoms with Crippen molar-refractivity contribution in [2.45, 2.75) is 25.3 Å². The van der Waals surface area contributed by atoms with Crippen LogP contribution in [0.1, 0.15) is 19.3 Å². The molecule has 3 nitrogen and oxygen atoms in total. The smallest absolute Gasteiger partial charge is 0.251 e. The number of hydrogen-bond donors (Lipinski definition) is 1. The highest BCUT2D eigenvalue weighted by Crippen LogP contribution is 2.26. The Labute approximate surface area is 96.9 Å². The first-order valence-electron chi connectivity index (χ1n) is 5.52. The van der Waals surface area contributed by atoms with Crippen LogP contribution in [0.3, 0.4) is 0 Å². The molecule has 0 bridgehead atoms. The van der Waals surface area contributed by atoms with Crippen LogP contribution in [-0.2, 0) is 0 Å². The Kier molecular flexibility index (Phi) is 3.51. The van der Waals surface area contributed by atoms with Crippen molar-refractivity contribution in [2.75, 3.05) is 18.1 Å². The van der Waals surface area contributed by atoms with Crippen LogP contribution in [0, 0.1) is 17.6 Å². The number of halogens is 3. The van der Waals surface area contributed by atoms with Gasteiger partial charge in [0.2, 0.25) is 0 Å². The molecular formula is C11H13F3N2O. The van der Waals surface area contributed by atoms with Gasteiger partial charge >= 0.3 is 0 Å². The summed E-state index contributed by atoms with van der Waals surface area (Å²) in [6.45, 7) is 0.334. The molecule has 2 heterocycles. The highest BCUT2D eigenvalue weighted by molar-refractivity contribution is 5.42. The predicted molar refractivity (Wildman–Crippen MR) is 56.2 cm³/mol. The van der Waals surface area contributed by atoms with Gasteiger partial charge in [0.05, 0.1) is 12.6 Å². The fraction of sp³-hybridized carbons (Fsp3) is 0.545. The zero-order valence-electron chi connectivity index (χ0n) is 9.17. The Balaban J connectivity index is 2.34. The number of aliphatic hydroxyl groups is 1. The van der Waals surface area contributed by atoms with Crippen LogP contribution >= 0.6 is 0 Å². The highest BCUT2D eigenvalue weighted by Gasteiger charge is 2.26. The van der Waals surface area contributed by atoms with Gasteiger partial charge in [-0.05, 0) is 19.3 Å². The summed E-state index contributed by atoms with van der Waals surface area (Å²) < 4.78 is 39.3. The second kappa shape index (κ2) is 4.91. The maximum atomic E-state index is 13.5. The molecule has 1 aromatic heterocycles. The van der Waals surface area contributed by atoms with Crippen molar-refractivity contribution in [1.82, 2.24) is 4.98 Å². The molecular weight excluding hydrogens is 233 g/mol. The lowest BCUT2D eigenvalue weighted by molar-refractivity contribution is 0.238. The Bertz CT molecular complexity index is 414.